The predicted octanol–water partition coefficient (Wildman–Crippen LogP) is 2.96. The van der Waals surface area contributed by atoms with Gasteiger partial charge in [0.1, 0.15) is 5.60 Å². The monoisotopic (exact) mass is 288 g/mol. The minimum absolute atomic E-state index is 0.240. The first kappa shape index (κ1) is 14.6. The summed E-state index contributed by atoms with van der Waals surface area (Å²) in [5.41, 5.74) is -1.51. The number of urea groups is 1. The van der Waals surface area contributed by atoms with E-state index in [2.05, 4.69) is 5.32 Å². The second-order valence-corrected chi connectivity index (χ2v) is 4.98. The first-order valence-corrected chi connectivity index (χ1v) is 6.02. The highest BCUT2D eigenvalue weighted by Crippen LogP contribution is 2.35. The molecule has 0 saturated carbocycles. The van der Waals surface area contributed by atoms with Gasteiger partial charge in [0.05, 0.1) is 24.3 Å². The van der Waals surface area contributed by atoms with E-state index in [9.17, 15) is 18.0 Å². The Morgan fingerprint density at radius 1 is 1.35 bits per heavy atom. The van der Waals surface area contributed by atoms with E-state index in [0.29, 0.717) is 13.1 Å². The molecule has 1 saturated heterocycles. The number of hydrogen-bond donors (Lipinski definition) is 1. The Morgan fingerprint density at radius 2 is 1.95 bits per heavy atom. The summed E-state index contributed by atoms with van der Waals surface area (Å²) in [7, 11) is 1.54. The third kappa shape index (κ3) is 2.87. The van der Waals surface area contributed by atoms with E-state index in [1.54, 1.807) is 0 Å². The van der Waals surface area contributed by atoms with Gasteiger partial charge in [0, 0.05) is 7.11 Å². The third-order valence-corrected chi connectivity index (χ3v) is 3.30. The molecule has 1 aromatic carbocycles. The molecule has 2 rings (SSSR count). The fourth-order valence-electron chi connectivity index (χ4n) is 2.07. The molecule has 0 spiro atoms. The summed E-state index contributed by atoms with van der Waals surface area (Å²) >= 11 is 0. The van der Waals surface area contributed by atoms with Crippen LogP contribution in [0.2, 0.25) is 0 Å². The molecule has 0 aliphatic carbocycles. The Hall–Kier alpha value is -1.76. The van der Waals surface area contributed by atoms with Crippen molar-refractivity contribution in [3.63, 3.8) is 0 Å². The van der Waals surface area contributed by atoms with Crippen LogP contribution in [0, 0.1) is 0 Å². The van der Waals surface area contributed by atoms with Crippen molar-refractivity contribution in [1.82, 2.24) is 4.90 Å². The van der Waals surface area contributed by atoms with Crippen molar-refractivity contribution in [2.24, 2.45) is 0 Å². The number of carbonyl (C=O) groups excluding carboxylic acids is 1. The van der Waals surface area contributed by atoms with E-state index in [-0.39, 0.29) is 5.69 Å². The van der Waals surface area contributed by atoms with E-state index < -0.39 is 23.4 Å². The lowest BCUT2D eigenvalue weighted by molar-refractivity contribution is -0.136. The van der Waals surface area contributed by atoms with Gasteiger partial charge in [-0.05, 0) is 19.1 Å². The van der Waals surface area contributed by atoms with Crippen molar-refractivity contribution in [2.75, 3.05) is 25.5 Å². The number of rotatable bonds is 2. The molecule has 0 atom stereocenters. The van der Waals surface area contributed by atoms with Gasteiger partial charge < -0.3 is 15.0 Å². The van der Waals surface area contributed by atoms with E-state index >= 15 is 0 Å². The van der Waals surface area contributed by atoms with Gasteiger partial charge in [0.15, 0.2) is 0 Å². The van der Waals surface area contributed by atoms with E-state index in [1.807, 2.05) is 6.92 Å². The summed E-state index contributed by atoms with van der Waals surface area (Å²) < 4.78 is 43.5. The lowest BCUT2D eigenvalue weighted by Gasteiger charge is -2.46. The van der Waals surface area contributed by atoms with Crippen LogP contribution < -0.4 is 5.32 Å². The summed E-state index contributed by atoms with van der Waals surface area (Å²) in [6, 6.07) is 4.34. The number of para-hydroxylation sites is 1. The van der Waals surface area contributed by atoms with E-state index in [0.717, 1.165) is 6.07 Å². The van der Waals surface area contributed by atoms with Crippen molar-refractivity contribution >= 4 is 11.7 Å². The second kappa shape index (κ2) is 4.97. The standard InChI is InChI=1S/C13H15F3N2O2/c1-12(20-2)7-18(8-12)11(19)17-10-6-4-3-5-9(10)13(14,15)16/h3-6H,7-8H2,1-2H3,(H,17,19). The number of benzene rings is 1. The topological polar surface area (TPSA) is 41.6 Å². The third-order valence-electron chi connectivity index (χ3n) is 3.30. The highest BCUT2D eigenvalue weighted by molar-refractivity contribution is 5.91. The van der Waals surface area contributed by atoms with E-state index in [4.69, 9.17) is 4.74 Å². The van der Waals surface area contributed by atoms with Crippen LogP contribution in [0.25, 0.3) is 0 Å². The maximum atomic E-state index is 12.8. The number of amides is 2. The van der Waals surface area contributed by atoms with Crippen LogP contribution in [0.1, 0.15) is 12.5 Å². The molecule has 20 heavy (non-hydrogen) atoms. The van der Waals surface area contributed by atoms with Crippen LogP contribution in [-0.4, -0.2) is 36.7 Å². The number of ether oxygens (including phenoxy) is 1. The minimum atomic E-state index is -4.50. The number of nitrogens with zero attached hydrogens (tertiary/aromatic N) is 1. The molecule has 1 heterocycles. The Balaban J connectivity index is 2.07. The lowest BCUT2D eigenvalue weighted by atomic mass is 9.97. The van der Waals surface area contributed by atoms with Gasteiger partial charge in [0.2, 0.25) is 0 Å². The van der Waals surface area contributed by atoms with Gasteiger partial charge in [-0.25, -0.2) is 4.79 Å². The molecular weight excluding hydrogens is 273 g/mol. The fourth-order valence-corrected chi connectivity index (χ4v) is 2.07. The zero-order valence-corrected chi connectivity index (χ0v) is 11.1. The molecule has 2 amide bonds. The average Bonchev–Trinajstić information content (AvgIpc) is 2.34. The molecule has 1 aliphatic rings. The average molecular weight is 288 g/mol. The molecule has 1 N–H and O–H groups in total. The van der Waals surface area contributed by atoms with Gasteiger partial charge in [-0.2, -0.15) is 13.2 Å². The normalized spacial score (nSPS) is 17.6. The number of carbonyl (C=O) groups is 1. The molecule has 0 unspecified atom stereocenters. The van der Waals surface area contributed by atoms with Crippen LogP contribution in [0.4, 0.5) is 23.7 Å². The quantitative estimate of drug-likeness (QED) is 0.909. The number of likely N-dealkylation sites (tertiary alicyclic amines) is 1. The van der Waals surface area contributed by atoms with Crippen LogP contribution in [0.5, 0.6) is 0 Å². The van der Waals surface area contributed by atoms with Gasteiger partial charge >= 0.3 is 12.2 Å². The molecule has 7 heteroatoms. The van der Waals surface area contributed by atoms with Gasteiger partial charge in [0.25, 0.3) is 0 Å². The minimum Gasteiger partial charge on any atom is -0.375 e. The summed E-state index contributed by atoms with van der Waals surface area (Å²) in [6.07, 6.45) is -4.50. The van der Waals surface area contributed by atoms with Gasteiger partial charge in [-0.1, -0.05) is 12.1 Å². The lowest BCUT2D eigenvalue weighted by Crippen LogP contribution is -2.63. The molecule has 1 aromatic rings. The largest absolute Gasteiger partial charge is 0.418 e. The second-order valence-electron chi connectivity index (χ2n) is 4.98. The number of hydrogen-bond acceptors (Lipinski definition) is 2. The number of anilines is 1. The number of alkyl halides is 3. The Morgan fingerprint density at radius 3 is 2.50 bits per heavy atom. The van der Waals surface area contributed by atoms with Crippen LogP contribution in [-0.2, 0) is 10.9 Å². The first-order valence-electron chi connectivity index (χ1n) is 6.02. The summed E-state index contributed by atoms with van der Waals surface area (Å²) in [5, 5.41) is 2.29. The van der Waals surface area contributed by atoms with E-state index in [1.165, 1.54) is 30.2 Å². The molecule has 4 nitrogen and oxygen atoms in total. The fraction of sp³-hybridized carbons (Fsp3) is 0.462. The summed E-state index contributed by atoms with van der Waals surface area (Å²) in [4.78, 5) is 13.3. The maximum Gasteiger partial charge on any atom is 0.418 e. The number of nitrogens with one attached hydrogen (secondary N) is 1. The molecule has 110 valence electrons. The van der Waals surface area contributed by atoms with Crippen molar-refractivity contribution in [3.8, 4) is 0 Å². The van der Waals surface area contributed by atoms with Crippen molar-refractivity contribution in [2.45, 2.75) is 18.7 Å². The van der Waals surface area contributed by atoms with Crippen molar-refractivity contribution < 1.29 is 22.7 Å². The molecular formula is C13H15F3N2O2. The highest BCUT2D eigenvalue weighted by Gasteiger charge is 2.42. The summed E-state index contributed by atoms with van der Waals surface area (Å²) in [5.74, 6) is 0. The smallest absolute Gasteiger partial charge is 0.375 e. The zero-order valence-electron chi connectivity index (χ0n) is 11.1. The SMILES string of the molecule is COC1(C)CN(C(=O)Nc2ccccc2C(F)(F)F)C1. The first-order chi connectivity index (χ1) is 9.25. The summed E-state index contributed by atoms with van der Waals surface area (Å²) in [6.45, 7) is 2.54. The Bertz CT molecular complexity index is 511. The Labute approximate surface area is 114 Å². The molecule has 0 aromatic heterocycles. The van der Waals surface area contributed by atoms with Crippen molar-refractivity contribution in [1.29, 1.82) is 0 Å². The van der Waals surface area contributed by atoms with Crippen molar-refractivity contribution in [3.05, 3.63) is 29.8 Å². The number of methoxy groups -OCH3 is 1. The predicted molar refractivity (Wildman–Crippen MR) is 67.4 cm³/mol. The van der Waals surface area contributed by atoms with Gasteiger partial charge in [-0.15, -0.1) is 0 Å². The highest BCUT2D eigenvalue weighted by atomic mass is 19.4. The van der Waals surface area contributed by atoms with Gasteiger partial charge in [-0.3, -0.25) is 0 Å². The maximum absolute atomic E-state index is 12.8. The molecule has 1 fully saturated rings. The molecule has 1 aliphatic heterocycles. The van der Waals surface area contributed by atoms with Crippen LogP contribution in [0.3, 0.4) is 0 Å². The number of halogens is 3. The zero-order chi connectivity index (χ0) is 15.0. The Kier molecular flexibility index (Phi) is 3.64. The molecule has 0 radical (unpaired) electrons. The van der Waals surface area contributed by atoms with Crippen LogP contribution in [0.15, 0.2) is 24.3 Å². The molecule has 0 bridgehead atoms. The van der Waals surface area contributed by atoms with Crippen LogP contribution >= 0.6 is 0 Å².